The first-order chi connectivity index (χ1) is 12.6. The van der Waals surface area contributed by atoms with E-state index < -0.39 is 0 Å². The fraction of sp³-hybridized carbons (Fsp3) is 0.650. The van der Waals surface area contributed by atoms with Crippen LogP contribution in [0.2, 0.25) is 0 Å². The second kappa shape index (κ2) is 8.82. The fourth-order valence-corrected chi connectivity index (χ4v) is 4.11. The van der Waals surface area contributed by atoms with Crippen LogP contribution in [0, 0.1) is 11.7 Å². The molecule has 2 fully saturated rings. The molecule has 2 heterocycles. The summed E-state index contributed by atoms with van der Waals surface area (Å²) in [7, 11) is 1.70. The van der Waals surface area contributed by atoms with Gasteiger partial charge in [-0.05, 0) is 43.4 Å². The third-order valence-electron chi connectivity index (χ3n) is 5.69. The standard InChI is InChI=1S/C20H29FN2O3/c1-25-14-16-3-2-10-23(13-16)19(24)22-15-20(8-11-26-12-9-20)17-4-6-18(21)7-5-17/h4-7,16H,2-3,8-15H2,1H3,(H,22,24). The third-order valence-corrected chi connectivity index (χ3v) is 5.69. The first kappa shape index (κ1) is 19.1. The molecule has 144 valence electrons. The summed E-state index contributed by atoms with van der Waals surface area (Å²) in [6.45, 7) is 4.09. The Hall–Kier alpha value is -1.66. The molecule has 3 rings (SSSR count). The predicted octanol–water partition coefficient (Wildman–Crippen LogP) is 2.94. The highest BCUT2D eigenvalue weighted by Gasteiger charge is 2.35. The molecule has 0 aliphatic carbocycles. The molecule has 0 aromatic heterocycles. The predicted molar refractivity (Wildman–Crippen MR) is 97.7 cm³/mol. The number of ether oxygens (including phenoxy) is 2. The molecular weight excluding hydrogens is 335 g/mol. The van der Waals surface area contributed by atoms with Crippen LogP contribution in [0.5, 0.6) is 0 Å². The highest BCUT2D eigenvalue weighted by Crippen LogP contribution is 2.34. The van der Waals surface area contributed by atoms with Crippen molar-refractivity contribution in [2.45, 2.75) is 31.1 Å². The fourth-order valence-electron chi connectivity index (χ4n) is 4.11. The zero-order chi connectivity index (χ0) is 18.4. The van der Waals surface area contributed by atoms with Crippen molar-refractivity contribution in [3.05, 3.63) is 35.6 Å². The number of rotatable bonds is 5. The number of piperidine rings is 1. The number of hydrogen-bond acceptors (Lipinski definition) is 3. The first-order valence-corrected chi connectivity index (χ1v) is 9.48. The Balaban J connectivity index is 1.64. The lowest BCUT2D eigenvalue weighted by Crippen LogP contribution is -2.51. The van der Waals surface area contributed by atoms with Gasteiger partial charge >= 0.3 is 6.03 Å². The van der Waals surface area contributed by atoms with E-state index in [-0.39, 0.29) is 17.3 Å². The van der Waals surface area contributed by atoms with Gasteiger partial charge in [-0.3, -0.25) is 0 Å². The van der Waals surface area contributed by atoms with Gasteiger partial charge in [0.15, 0.2) is 0 Å². The van der Waals surface area contributed by atoms with Crippen molar-refractivity contribution in [3.8, 4) is 0 Å². The van der Waals surface area contributed by atoms with Crippen LogP contribution in [-0.2, 0) is 14.9 Å². The Morgan fingerprint density at radius 3 is 2.77 bits per heavy atom. The lowest BCUT2D eigenvalue weighted by molar-refractivity contribution is 0.0494. The molecule has 0 saturated carbocycles. The molecular formula is C20H29FN2O3. The Morgan fingerprint density at radius 1 is 1.35 bits per heavy atom. The lowest BCUT2D eigenvalue weighted by atomic mass is 9.74. The summed E-state index contributed by atoms with van der Waals surface area (Å²) in [6.07, 6.45) is 3.77. The summed E-state index contributed by atoms with van der Waals surface area (Å²) in [5.74, 6) is 0.172. The van der Waals surface area contributed by atoms with Gasteiger partial charge in [0.1, 0.15) is 5.82 Å². The number of urea groups is 1. The van der Waals surface area contributed by atoms with Gasteiger partial charge in [-0.15, -0.1) is 0 Å². The minimum absolute atomic E-state index is 0.0150. The minimum atomic E-state index is -0.238. The molecule has 1 unspecified atom stereocenters. The van der Waals surface area contributed by atoms with Crippen molar-refractivity contribution in [2.75, 3.05) is 46.6 Å². The maximum Gasteiger partial charge on any atom is 0.317 e. The van der Waals surface area contributed by atoms with Gasteiger partial charge in [0.25, 0.3) is 0 Å². The third kappa shape index (κ3) is 4.54. The van der Waals surface area contributed by atoms with Crippen LogP contribution in [-0.4, -0.2) is 57.5 Å². The van der Waals surface area contributed by atoms with Crippen molar-refractivity contribution >= 4 is 6.03 Å². The summed E-state index contributed by atoms with van der Waals surface area (Å²) < 4.78 is 24.1. The Morgan fingerprint density at radius 2 is 2.08 bits per heavy atom. The van der Waals surface area contributed by atoms with Gasteiger partial charge < -0.3 is 19.7 Å². The summed E-state index contributed by atoms with van der Waals surface area (Å²) in [6, 6.07) is 6.65. The van der Waals surface area contributed by atoms with E-state index in [2.05, 4.69) is 5.32 Å². The molecule has 0 bridgehead atoms. The van der Waals surface area contributed by atoms with Gasteiger partial charge in [0, 0.05) is 51.3 Å². The number of likely N-dealkylation sites (tertiary alicyclic amines) is 1. The summed E-state index contributed by atoms with van der Waals surface area (Å²) in [4.78, 5) is 14.6. The van der Waals surface area contributed by atoms with Crippen LogP contribution >= 0.6 is 0 Å². The number of methoxy groups -OCH3 is 1. The molecule has 1 aromatic rings. The van der Waals surface area contributed by atoms with E-state index >= 15 is 0 Å². The smallest absolute Gasteiger partial charge is 0.317 e. The van der Waals surface area contributed by atoms with Crippen LogP contribution < -0.4 is 5.32 Å². The SMILES string of the molecule is COCC1CCCN(C(=O)NCC2(c3ccc(F)cc3)CCOCC2)C1. The second-order valence-electron chi connectivity index (χ2n) is 7.47. The second-order valence-corrected chi connectivity index (χ2v) is 7.47. The number of benzene rings is 1. The normalized spacial score (nSPS) is 22.8. The summed E-state index contributed by atoms with van der Waals surface area (Å²) in [5.41, 5.74) is 0.877. The average molecular weight is 364 g/mol. The van der Waals surface area contributed by atoms with Crippen LogP contribution in [0.4, 0.5) is 9.18 Å². The maximum atomic E-state index is 13.3. The van der Waals surface area contributed by atoms with E-state index in [4.69, 9.17) is 9.47 Å². The average Bonchev–Trinajstić information content (AvgIpc) is 2.68. The first-order valence-electron chi connectivity index (χ1n) is 9.48. The van der Waals surface area contributed by atoms with E-state index in [0.29, 0.717) is 32.3 Å². The van der Waals surface area contributed by atoms with Crippen molar-refractivity contribution in [1.82, 2.24) is 10.2 Å². The molecule has 6 heteroatoms. The summed E-state index contributed by atoms with van der Waals surface area (Å²) >= 11 is 0. The number of nitrogens with zero attached hydrogens (tertiary/aromatic N) is 1. The van der Waals surface area contributed by atoms with Crippen LogP contribution in [0.1, 0.15) is 31.2 Å². The van der Waals surface area contributed by atoms with Crippen LogP contribution in [0.15, 0.2) is 24.3 Å². The molecule has 1 N–H and O–H groups in total. The highest BCUT2D eigenvalue weighted by atomic mass is 19.1. The molecule has 2 aliphatic heterocycles. The molecule has 5 nitrogen and oxygen atoms in total. The van der Waals surface area contributed by atoms with Gasteiger partial charge in [-0.25, -0.2) is 9.18 Å². The van der Waals surface area contributed by atoms with Gasteiger partial charge in [0.2, 0.25) is 0 Å². The number of hydrogen-bond donors (Lipinski definition) is 1. The van der Waals surface area contributed by atoms with Gasteiger partial charge in [-0.2, -0.15) is 0 Å². The number of amides is 2. The highest BCUT2D eigenvalue weighted by molar-refractivity contribution is 5.74. The number of nitrogens with one attached hydrogen (secondary N) is 1. The number of carbonyl (C=O) groups is 1. The van der Waals surface area contributed by atoms with Gasteiger partial charge in [0.05, 0.1) is 6.61 Å². The Kier molecular flexibility index (Phi) is 6.48. The molecule has 0 radical (unpaired) electrons. The largest absolute Gasteiger partial charge is 0.384 e. The summed E-state index contributed by atoms with van der Waals surface area (Å²) in [5, 5.41) is 3.14. The number of halogens is 1. The molecule has 26 heavy (non-hydrogen) atoms. The van der Waals surface area contributed by atoms with E-state index in [0.717, 1.165) is 44.3 Å². The maximum absolute atomic E-state index is 13.3. The van der Waals surface area contributed by atoms with Crippen molar-refractivity contribution in [3.63, 3.8) is 0 Å². The number of carbonyl (C=O) groups excluding carboxylic acids is 1. The monoisotopic (exact) mass is 364 g/mol. The molecule has 2 saturated heterocycles. The van der Waals surface area contributed by atoms with E-state index in [1.54, 1.807) is 7.11 Å². The topological polar surface area (TPSA) is 50.8 Å². The molecule has 1 aromatic carbocycles. The van der Waals surface area contributed by atoms with Gasteiger partial charge in [-0.1, -0.05) is 12.1 Å². The van der Waals surface area contributed by atoms with E-state index in [9.17, 15) is 9.18 Å². The van der Waals surface area contributed by atoms with Crippen molar-refractivity contribution in [1.29, 1.82) is 0 Å². The van der Waals surface area contributed by atoms with Crippen LogP contribution in [0.25, 0.3) is 0 Å². The molecule has 0 spiro atoms. The van der Waals surface area contributed by atoms with E-state index in [1.165, 1.54) is 12.1 Å². The zero-order valence-electron chi connectivity index (χ0n) is 15.5. The quantitative estimate of drug-likeness (QED) is 0.874. The van der Waals surface area contributed by atoms with Crippen molar-refractivity contribution in [2.24, 2.45) is 5.92 Å². The molecule has 2 aliphatic rings. The Bertz CT molecular complexity index is 585. The lowest BCUT2D eigenvalue weighted by Gasteiger charge is -2.39. The molecule has 1 atom stereocenters. The van der Waals surface area contributed by atoms with E-state index in [1.807, 2.05) is 17.0 Å². The Labute approximate surface area is 154 Å². The van der Waals surface area contributed by atoms with Crippen molar-refractivity contribution < 1.29 is 18.7 Å². The molecule has 2 amide bonds. The minimum Gasteiger partial charge on any atom is -0.384 e. The van der Waals surface area contributed by atoms with Crippen LogP contribution in [0.3, 0.4) is 0 Å². The zero-order valence-corrected chi connectivity index (χ0v) is 15.5.